The molecule has 0 atom stereocenters. The number of aryl methyl sites for hydroxylation is 6. The van der Waals surface area contributed by atoms with Gasteiger partial charge in [-0.05, 0) is 87.8 Å². The Bertz CT molecular complexity index is 1110. The van der Waals surface area contributed by atoms with Crippen LogP contribution in [-0.4, -0.2) is 16.4 Å². The van der Waals surface area contributed by atoms with Crippen molar-refractivity contribution in [2.24, 2.45) is 9.98 Å². The summed E-state index contributed by atoms with van der Waals surface area (Å²) in [5.74, 6) is 0. The summed E-state index contributed by atoms with van der Waals surface area (Å²) in [5, 5.41) is 0. The SMILES string of the molecule is CCc1cc(C)cc(CC)c1N=C(C)c1cccc(C(C)=Nc2c(CC)cc(C)cc2CC)n1.[Cl-].[Cl-].[Cl-].[Fe+3]. The predicted octanol–water partition coefficient (Wildman–Crippen LogP) is -0.761. The van der Waals surface area contributed by atoms with Crippen molar-refractivity contribution in [3.63, 3.8) is 0 Å². The Kier molecular flexibility index (Phi) is 18.0. The van der Waals surface area contributed by atoms with Crippen LogP contribution in [-0.2, 0) is 42.8 Å². The summed E-state index contributed by atoms with van der Waals surface area (Å²) in [6, 6.07) is 15.2. The fourth-order valence-electron chi connectivity index (χ4n) is 4.52. The molecule has 0 bridgehead atoms. The van der Waals surface area contributed by atoms with Crippen LogP contribution in [0, 0.1) is 13.8 Å². The zero-order valence-corrected chi connectivity index (χ0v) is 27.1. The van der Waals surface area contributed by atoms with E-state index in [-0.39, 0.29) is 54.3 Å². The zero-order chi connectivity index (χ0) is 24.8. The number of benzene rings is 2. The van der Waals surface area contributed by atoms with E-state index >= 15 is 0 Å². The van der Waals surface area contributed by atoms with E-state index in [9.17, 15) is 0 Å². The first-order chi connectivity index (χ1) is 16.3. The van der Waals surface area contributed by atoms with Crippen molar-refractivity contribution >= 4 is 22.8 Å². The maximum absolute atomic E-state index is 5.08. The van der Waals surface area contributed by atoms with Gasteiger partial charge in [-0.2, -0.15) is 0 Å². The van der Waals surface area contributed by atoms with Crippen LogP contribution >= 0.6 is 0 Å². The molecule has 38 heavy (non-hydrogen) atoms. The summed E-state index contributed by atoms with van der Waals surface area (Å²) in [4.78, 5) is 15.1. The summed E-state index contributed by atoms with van der Waals surface area (Å²) in [5.41, 5.74) is 13.6. The minimum atomic E-state index is 0. The average molecular weight is 616 g/mol. The van der Waals surface area contributed by atoms with E-state index < -0.39 is 0 Å². The Hall–Kier alpha value is -1.68. The van der Waals surface area contributed by atoms with E-state index in [4.69, 9.17) is 15.0 Å². The van der Waals surface area contributed by atoms with E-state index in [0.29, 0.717) is 0 Å². The third-order valence-corrected chi connectivity index (χ3v) is 6.40. The molecule has 0 N–H and O–H groups in total. The van der Waals surface area contributed by atoms with E-state index in [0.717, 1.165) is 59.9 Å². The first kappa shape index (κ1) is 38.5. The molecule has 0 aliphatic heterocycles. The third kappa shape index (κ3) is 9.21. The molecule has 207 valence electrons. The molecule has 0 amide bonds. The molecular formula is C31H39Cl3FeN3. The van der Waals surface area contributed by atoms with Crippen LogP contribution in [0.3, 0.4) is 0 Å². The van der Waals surface area contributed by atoms with Crippen molar-refractivity contribution in [2.45, 2.75) is 81.1 Å². The molecule has 1 heterocycles. The number of pyridine rings is 1. The van der Waals surface area contributed by atoms with Crippen molar-refractivity contribution in [1.82, 2.24) is 4.98 Å². The number of nitrogens with zero attached hydrogens (tertiary/aromatic N) is 3. The van der Waals surface area contributed by atoms with E-state index in [2.05, 4.69) is 85.7 Å². The molecule has 0 spiro atoms. The van der Waals surface area contributed by atoms with Gasteiger partial charge >= 0.3 is 17.1 Å². The fraction of sp³-hybridized carbons (Fsp3) is 0.387. The van der Waals surface area contributed by atoms with Crippen LogP contribution < -0.4 is 37.2 Å². The molecule has 3 rings (SSSR count). The van der Waals surface area contributed by atoms with Gasteiger partial charge in [0.1, 0.15) is 0 Å². The monoisotopic (exact) mass is 614 g/mol. The van der Waals surface area contributed by atoms with E-state index in [1.165, 1.54) is 33.4 Å². The van der Waals surface area contributed by atoms with Crippen molar-refractivity contribution < 1.29 is 54.3 Å². The summed E-state index contributed by atoms with van der Waals surface area (Å²) in [7, 11) is 0. The van der Waals surface area contributed by atoms with Gasteiger partial charge in [0.15, 0.2) is 0 Å². The van der Waals surface area contributed by atoms with Crippen LogP contribution in [0.2, 0.25) is 0 Å². The minimum Gasteiger partial charge on any atom is -1.00 e. The van der Waals surface area contributed by atoms with Crippen molar-refractivity contribution in [1.29, 1.82) is 0 Å². The largest absolute Gasteiger partial charge is 3.00 e. The van der Waals surface area contributed by atoms with Crippen molar-refractivity contribution in [3.05, 3.63) is 87.2 Å². The molecule has 0 aliphatic carbocycles. The molecule has 0 saturated carbocycles. The van der Waals surface area contributed by atoms with Gasteiger partial charge in [0.25, 0.3) is 0 Å². The second-order valence-electron chi connectivity index (χ2n) is 9.08. The zero-order valence-electron chi connectivity index (χ0n) is 23.7. The number of halogens is 3. The summed E-state index contributed by atoms with van der Waals surface area (Å²) >= 11 is 0. The van der Waals surface area contributed by atoms with Crippen molar-refractivity contribution in [2.75, 3.05) is 0 Å². The Labute approximate surface area is 259 Å². The second-order valence-corrected chi connectivity index (χ2v) is 9.08. The normalized spacial score (nSPS) is 11.1. The van der Waals surface area contributed by atoms with Gasteiger partial charge in [-0.1, -0.05) is 69.2 Å². The van der Waals surface area contributed by atoms with Gasteiger partial charge in [-0.25, -0.2) is 4.98 Å². The molecule has 0 saturated heterocycles. The van der Waals surface area contributed by atoms with Crippen LogP contribution in [0.4, 0.5) is 11.4 Å². The summed E-state index contributed by atoms with van der Waals surface area (Å²) in [6.45, 7) is 17.2. The topological polar surface area (TPSA) is 37.6 Å². The molecule has 2 aromatic carbocycles. The second kappa shape index (κ2) is 17.8. The molecule has 1 aromatic heterocycles. The summed E-state index contributed by atoms with van der Waals surface area (Å²) < 4.78 is 0. The number of hydrogen-bond donors (Lipinski definition) is 0. The Balaban J connectivity index is 0. The van der Waals surface area contributed by atoms with Gasteiger partial charge in [-0.3, -0.25) is 9.98 Å². The van der Waals surface area contributed by atoms with E-state index in [1.54, 1.807) is 0 Å². The van der Waals surface area contributed by atoms with Gasteiger partial charge in [0.05, 0.1) is 34.2 Å². The maximum atomic E-state index is 5.08. The number of hydrogen-bond acceptors (Lipinski definition) is 3. The summed E-state index contributed by atoms with van der Waals surface area (Å²) in [6.07, 6.45) is 3.87. The third-order valence-electron chi connectivity index (χ3n) is 6.40. The number of aliphatic imine (C=N–C) groups is 2. The standard InChI is InChI=1S/C31H39N3.3ClH.Fe/c1-9-24-16-20(5)17-25(10-2)30(24)32-22(7)28-14-13-15-29(34-28)23(8)33-31-26(11-3)18-21(6)19-27(31)12-4;;;;/h13-19H,9-12H2,1-8H3;3*1H;/q;;;;+3/p-3. The maximum Gasteiger partial charge on any atom is 3.00 e. The Morgan fingerprint density at radius 2 is 0.895 bits per heavy atom. The van der Waals surface area contributed by atoms with Gasteiger partial charge in [0, 0.05) is 0 Å². The van der Waals surface area contributed by atoms with Crippen LogP contribution in [0.25, 0.3) is 0 Å². The van der Waals surface area contributed by atoms with E-state index in [1.807, 2.05) is 12.1 Å². The average Bonchev–Trinajstić information content (AvgIpc) is 2.85. The smallest absolute Gasteiger partial charge is 1.00 e. The van der Waals surface area contributed by atoms with Gasteiger partial charge < -0.3 is 37.2 Å². The number of rotatable bonds is 8. The molecule has 7 heteroatoms. The molecule has 3 nitrogen and oxygen atoms in total. The molecule has 1 radical (unpaired) electrons. The molecule has 0 aliphatic rings. The quantitative estimate of drug-likeness (QED) is 0.243. The first-order valence-corrected chi connectivity index (χ1v) is 12.6. The number of aromatic nitrogens is 1. The van der Waals surface area contributed by atoms with Crippen molar-refractivity contribution in [3.8, 4) is 0 Å². The molecular weight excluding hydrogens is 577 g/mol. The van der Waals surface area contributed by atoms with Gasteiger partial charge in [-0.15, -0.1) is 0 Å². The Morgan fingerprint density at radius 1 is 0.605 bits per heavy atom. The minimum absolute atomic E-state index is 0. The van der Waals surface area contributed by atoms with Crippen LogP contribution in [0.1, 0.15) is 86.3 Å². The fourth-order valence-corrected chi connectivity index (χ4v) is 4.52. The molecule has 0 fully saturated rings. The Morgan fingerprint density at radius 3 is 1.16 bits per heavy atom. The predicted molar refractivity (Wildman–Crippen MR) is 148 cm³/mol. The van der Waals surface area contributed by atoms with Crippen LogP contribution in [0.5, 0.6) is 0 Å². The van der Waals surface area contributed by atoms with Gasteiger partial charge in [0.2, 0.25) is 0 Å². The van der Waals surface area contributed by atoms with Crippen LogP contribution in [0.15, 0.2) is 52.4 Å². The first-order valence-electron chi connectivity index (χ1n) is 12.6. The molecule has 3 aromatic rings. The molecule has 0 unspecified atom stereocenters.